The third-order valence-corrected chi connectivity index (χ3v) is 4.16. The van der Waals surface area contributed by atoms with Crippen LogP contribution in [0.1, 0.15) is 24.1 Å². The number of hydrogen-bond acceptors (Lipinski definition) is 3. The molecule has 0 aliphatic carbocycles. The molecule has 2 aromatic rings. The molecule has 112 valence electrons. The van der Waals surface area contributed by atoms with Crippen LogP contribution in [-0.4, -0.2) is 7.11 Å². The molecule has 0 saturated carbocycles. The predicted octanol–water partition coefficient (Wildman–Crippen LogP) is 4.29. The molecule has 0 saturated heterocycles. The van der Waals surface area contributed by atoms with Crippen molar-refractivity contribution < 1.29 is 13.5 Å². The topological polar surface area (TPSA) is 35.2 Å². The van der Waals surface area contributed by atoms with Gasteiger partial charge in [-0.2, -0.15) is 0 Å². The summed E-state index contributed by atoms with van der Waals surface area (Å²) in [5, 5.41) is 0. The van der Waals surface area contributed by atoms with E-state index in [1.807, 2.05) is 25.1 Å². The van der Waals surface area contributed by atoms with Crippen LogP contribution < -0.4 is 10.5 Å². The Morgan fingerprint density at radius 3 is 2.52 bits per heavy atom. The van der Waals surface area contributed by atoms with Gasteiger partial charge < -0.3 is 10.5 Å². The molecule has 0 radical (unpaired) electrons. The summed E-state index contributed by atoms with van der Waals surface area (Å²) in [5.41, 5.74) is 7.86. The lowest BCUT2D eigenvalue weighted by molar-refractivity contribution is 0.411. The van der Waals surface area contributed by atoms with E-state index in [0.29, 0.717) is 10.6 Å². The molecule has 0 aromatic heterocycles. The lowest BCUT2D eigenvalue weighted by atomic mass is 10.1. The molecular formula is C16H17F2NOS. The molecule has 0 bridgehead atoms. The van der Waals surface area contributed by atoms with E-state index in [0.717, 1.165) is 22.9 Å². The Hall–Kier alpha value is -1.59. The minimum Gasteiger partial charge on any atom is -0.496 e. The molecule has 2 nitrogen and oxygen atoms in total. The number of ether oxygens (including phenoxy) is 1. The minimum atomic E-state index is -0.837. The van der Waals surface area contributed by atoms with E-state index in [2.05, 4.69) is 0 Å². The van der Waals surface area contributed by atoms with Crippen LogP contribution in [0.15, 0.2) is 41.3 Å². The maximum Gasteiger partial charge on any atom is 0.159 e. The Kier molecular flexibility index (Phi) is 5.20. The number of benzene rings is 2. The quantitative estimate of drug-likeness (QED) is 0.837. The van der Waals surface area contributed by atoms with Gasteiger partial charge >= 0.3 is 0 Å². The lowest BCUT2D eigenvalue weighted by Gasteiger charge is -2.12. The Bertz CT molecular complexity index is 632. The number of rotatable bonds is 5. The second-order valence-corrected chi connectivity index (χ2v) is 5.77. The Balaban J connectivity index is 2.17. The first kappa shape index (κ1) is 15.8. The summed E-state index contributed by atoms with van der Waals surface area (Å²) < 4.78 is 31.4. The largest absolute Gasteiger partial charge is 0.496 e. The van der Waals surface area contributed by atoms with Crippen molar-refractivity contribution in [3.8, 4) is 5.75 Å². The molecule has 0 amide bonds. The number of halogens is 2. The summed E-state index contributed by atoms with van der Waals surface area (Å²) in [6, 6.07) is 9.61. The number of hydrogen-bond donors (Lipinski definition) is 1. The Morgan fingerprint density at radius 1 is 1.14 bits per heavy atom. The highest BCUT2D eigenvalue weighted by Crippen LogP contribution is 2.30. The average Bonchev–Trinajstić information content (AvgIpc) is 2.48. The fourth-order valence-corrected chi connectivity index (χ4v) is 2.82. The van der Waals surface area contributed by atoms with Crippen LogP contribution in [-0.2, 0) is 5.75 Å². The summed E-state index contributed by atoms with van der Waals surface area (Å²) in [6.07, 6.45) is 0. The first-order valence-corrected chi connectivity index (χ1v) is 7.50. The maximum absolute atomic E-state index is 13.2. The molecule has 0 aliphatic rings. The number of thioether (sulfide) groups is 1. The molecule has 0 spiro atoms. The van der Waals surface area contributed by atoms with Crippen LogP contribution in [0.25, 0.3) is 0 Å². The normalized spacial score (nSPS) is 12.2. The SMILES string of the molecule is COc1ccc(C(C)N)cc1CSc1ccc(F)c(F)c1. The number of methoxy groups -OCH3 is 1. The summed E-state index contributed by atoms with van der Waals surface area (Å²) in [4.78, 5) is 0.669. The van der Waals surface area contributed by atoms with Crippen molar-refractivity contribution in [3.05, 3.63) is 59.2 Å². The molecule has 2 aromatic carbocycles. The van der Waals surface area contributed by atoms with E-state index in [-0.39, 0.29) is 6.04 Å². The van der Waals surface area contributed by atoms with Crippen LogP contribution in [0.5, 0.6) is 5.75 Å². The minimum absolute atomic E-state index is 0.0667. The van der Waals surface area contributed by atoms with Gasteiger partial charge in [0.1, 0.15) is 5.75 Å². The van der Waals surface area contributed by atoms with E-state index in [4.69, 9.17) is 10.5 Å². The Labute approximate surface area is 127 Å². The number of nitrogens with two attached hydrogens (primary N) is 1. The highest BCUT2D eigenvalue weighted by atomic mass is 32.2. The molecule has 0 heterocycles. The van der Waals surface area contributed by atoms with Crippen molar-refractivity contribution in [2.24, 2.45) is 5.73 Å². The third-order valence-electron chi connectivity index (χ3n) is 3.12. The van der Waals surface area contributed by atoms with Crippen LogP contribution >= 0.6 is 11.8 Å². The van der Waals surface area contributed by atoms with Crippen molar-refractivity contribution in [3.63, 3.8) is 0 Å². The van der Waals surface area contributed by atoms with E-state index < -0.39 is 11.6 Å². The van der Waals surface area contributed by atoms with Gasteiger partial charge in [0.2, 0.25) is 0 Å². The molecule has 0 aliphatic heterocycles. The van der Waals surface area contributed by atoms with Gasteiger partial charge in [0, 0.05) is 22.3 Å². The first-order chi connectivity index (χ1) is 10.0. The van der Waals surface area contributed by atoms with Crippen LogP contribution in [0.3, 0.4) is 0 Å². The second-order valence-electron chi connectivity index (χ2n) is 4.72. The Morgan fingerprint density at radius 2 is 1.90 bits per heavy atom. The molecule has 2 rings (SSSR count). The van der Waals surface area contributed by atoms with Gasteiger partial charge in [-0.25, -0.2) is 8.78 Å². The van der Waals surface area contributed by atoms with Gasteiger partial charge in [-0.15, -0.1) is 11.8 Å². The van der Waals surface area contributed by atoms with Gasteiger partial charge in [0.15, 0.2) is 11.6 Å². The fourth-order valence-electron chi connectivity index (χ4n) is 1.92. The van der Waals surface area contributed by atoms with E-state index in [1.165, 1.54) is 17.8 Å². The zero-order valence-corrected chi connectivity index (χ0v) is 12.7. The van der Waals surface area contributed by atoms with Gasteiger partial charge in [-0.3, -0.25) is 0 Å². The summed E-state index contributed by atoms with van der Waals surface area (Å²) in [5.74, 6) is -0.323. The average molecular weight is 309 g/mol. The van der Waals surface area contributed by atoms with E-state index in [9.17, 15) is 8.78 Å². The molecule has 5 heteroatoms. The van der Waals surface area contributed by atoms with Crippen molar-refractivity contribution in [1.29, 1.82) is 0 Å². The molecule has 2 N–H and O–H groups in total. The van der Waals surface area contributed by atoms with Crippen molar-refractivity contribution >= 4 is 11.8 Å². The predicted molar refractivity (Wildman–Crippen MR) is 81.5 cm³/mol. The first-order valence-electron chi connectivity index (χ1n) is 6.51. The van der Waals surface area contributed by atoms with Crippen molar-refractivity contribution in [2.75, 3.05) is 7.11 Å². The molecule has 1 atom stereocenters. The van der Waals surface area contributed by atoms with Crippen LogP contribution in [0.2, 0.25) is 0 Å². The molecule has 1 unspecified atom stereocenters. The van der Waals surface area contributed by atoms with Crippen molar-refractivity contribution in [1.82, 2.24) is 0 Å². The third kappa shape index (κ3) is 3.95. The monoisotopic (exact) mass is 309 g/mol. The van der Waals surface area contributed by atoms with Gasteiger partial charge in [0.05, 0.1) is 7.11 Å². The van der Waals surface area contributed by atoms with Gasteiger partial charge in [0.25, 0.3) is 0 Å². The molecule has 21 heavy (non-hydrogen) atoms. The van der Waals surface area contributed by atoms with Crippen LogP contribution in [0, 0.1) is 11.6 Å². The second kappa shape index (κ2) is 6.91. The molecular weight excluding hydrogens is 292 g/mol. The highest BCUT2D eigenvalue weighted by Gasteiger charge is 2.09. The smallest absolute Gasteiger partial charge is 0.159 e. The van der Waals surface area contributed by atoms with Crippen molar-refractivity contribution in [2.45, 2.75) is 23.6 Å². The maximum atomic E-state index is 13.2. The van der Waals surface area contributed by atoms with E-state index >= 15 is 0 Å². The standard InChI is InChI=1S/C16H17F2NOS/c1-10(19)11-3-6-16(20-2)12(7-11)9-21-13-4-5-14(17)15(18)8-13/h3-8,10H,9,19H2,1-2H3. The van der Waals surface area contributed by atoms with E-state index in [1.54, 1.807) is 13.2 Å². The zero-order chi connectivity index (χ0) is 15.4. The summed E-state index contributed by atoms with van der Waals surface area (Å²) in [6.45, 7) is 1.91. The zero-order valence-electron chi connectivity index (χ0n) is 11.9. The molecule has 0 fully saturated rings. The van der Waals surface area contributed by atoms with Gasteiger partial charge in [-0.05, 0) is 42.8 Å². The van der Waals surface area contributed by atoms with Gasteiger partial charge in [-0.1, -0.05) is 6.07 Å². The van der Waals surface area contributed by atoms with Crippen LogP contribution in [0.4, 0.5) is 8.78 Å². The lowest BCUT2D eigenvalue weighted by Crippen LogP contribution is -2.05. The fraction of sp³-hybridized carbons (Fsp3) is 0.250. The summed E-state index contributed by atoms with van der Waals surface area (Å²) >= 11 is 1.42. The summed E-state index contributed by atoms with van der Waals surface area (Å²) in [7, 11) is 1.60. The highest BCUT2D eigenvalue weighted by molar-refractivity contribution is 7.98.